The third-order valence-corrected chi connectivity index (χ3v) is 11.3. The Bertz CT molecular complexity index is 1140. The van der Waals surface area contributed by atoms with Gasteiger partial charge in [0.1, 0.15) is 0 Å². The summed E-state index contributed by atoms with van der Waals surface area (Å²) in [6.45, 7) is 36.3. The fourth-order valence-corrected chi connectivity index (χ4v) is 8.30. The van der Waals surface area contributed by atoms with Crippen LogP contribution in [-0.2, 0) is 31.1 Å². The number of ether oxygens (including phenoxy) is 2. The standard InChI is InChI=1S/C32H51O2P.2C4H8O.2K/c1-28(2,3)20-16-22(30(7,8)9)26(33)24(18-20)35(32(13,14)15)25-19-21(29(4,5)6)17-23(27(25)34)31(10,11)12;2*1-2-4-5-3-1;;/h16-19,33-34H,1-15H3;2*1-4H2;;/q;;;2*+1/p-2. The molecule has 0 unspecified atom stereocenters. The molecule has 0 spiro atoms. The summed E-state index contributed by atoms with van der Waals surface area (Å²) >= 11 is 0. The molecule has 0 amide bonds. The molecule has 2 aliphatic heterocycles. The van der Waals surface area contributed by atoms with E-state index in [0.29, 0.717) is 0 Å². The molecule has 2 aliphatic rings. The van der Waals surface area contributed by atoms with Crippen molar-refractivity contribution in [2.24, 2.45) is 0 Å². The van der Waals surface area contributed by atoms with Crippen LogP contribution in [0.25, 0.3) is 0 Å². The molecule has 7 heteroatoms. The number of benzene rings is 2. The zero-order valence-corrected chi connectivity index (χ0v) is 40.7. The van der Waals surface area contributed by atoms with Gasteiger partial charge in [-0.15, -0.1) is 0 Å². The minimum absolute atomic E-state index is 0. The van der Waals surface area contributed by atoms with Crippen molar-refractivity contribution in [2.45, 2.75) is 156 Å². The molecule has 2 aromatic rings. The second-order valence-electron chi connectivity index (χ2n) is 17.9. The summed E-state index contributed by atoms with van der Waals surface area (Å²) in [6, 6.07) is 8.45. The normalized spacial score (nSPS) is 15.6. The largest absolute Gasteiger partial charge is 1.00 e. The Hall–Kier alpha value is 1.66. The van der Waals surface area contributed by atoms with Crippen LogP contribution in [-0.4, -0.2) is 31.6 Å². The van der Waals surface area contributed by atoms with Crippen LogP contribution in [0.3, 0.4) is 0 Å². The van der Waals surface area contributed by atoms with Crippen LogP contribution in [0.5, 0.6) is 11.5 Å². The van der Waals surface area contributed by atoms with Gasteiger partial charge in [0.05, 0.1) is 0 Å². The first-order valence-electron chi connectivity index (χ1n) is 17.0. The fraction of sp³-hybridized carbons (Fsp3) is 0.700. The van der Waals surface area contributed by atoms with E-state index in [-0.39, 0.29) is 141 Å². The molecule has 0 bridgehead atoms. The van der Waals surface area contributed by atoms with E-state index in [4.69, 9.17) is 9.47 Å². The van der Waals surface area contributed by atoms with Gasteiger partial charge in [0.2, 0.25) is 0 Å². The van der Waals surface area contributed by atoms with Crippen molar-refractivity contribution in [3.8, 4) is 11.5 Å². The van der Waals surface area contributed by atoms with Crippen LogP contribution in [0, 0.1) is 0 Å². The predicted octanol–water partition coefficient (Wildman–Crippen LogP) is 2.86. The molecular formula is C40H65K2O4P. The maximum atomic E-state index is 14.1. The van der Waals surface area contributed by atoms with Crippen LogP contribution >= 0.6 is 7.92 Å². The van der Waals surface area contributed by atoms with Crippen molar-refractivity contribution in [1.29, 1.82) is 0 Å². The van der Waals surface area contributed by atoms with Crippen molar-refractivity contribution in [1.82, 2.24) is 0 Å². The van der Waals surface area contributed by atoms with Gasteiger partial charge >= 0.3 is 103 Å². The second-order valence-corrected chi connectivity index (χ2v) is 20.9. The molecule has 0 atom stereocenters. The SMILES string of the molecule is C1CCOC1.C1CCOC1.CC(C)(C)c1cc(P(c2cc(C(C)(C)C)cc(C(C)(C)C)c2[O-])C(C)(C)C)c([O-])c(C(C)(C)C)c1.[K+].[K+]. The quantitative estimate of drug-likeness (QED) is 0.354. The van der Waals surface area contributed by atoms with Gasteiger partial charge in [-0.1, -0.05) is 140 Å². The molecule has 2 aromatic carbocycles. The fourth-order valence-electron chi connectivity index (χ4n) is 5.41. The second kappa shape index (κ2) is 19.7. The van der Waals surface area contributed by atoms with Crippen molar-refractivity contribution in [3.63, 3.8) is 0 Å². The van der Waals surface area contributed by atoms with Crippen molar-refractivity contribution >= 4 is 18.5 Å². The number of hydrogen-bond donors (Lipinski definition) is 0. The van der Waals surface area contributed by atoms with Gasteiger partial charge in [-0.05, 0) is 93.3 Å². The zero-order valence-electron chi connectivity index (χ0n) is 33.5. The predicted molar refractivity (Wildman–Crippen MR) is 193 cm³/mol. The Labute approximate surface area is 376 Å². The third kappa shape index (κ3) is 14.9. The van der Waals surface area contributed by atoms with Gasteiger partial charge in [0, 0.05) is 26.4 Å². The Balaban J connectivity index is 0.00000149. The molecule has 47 heavy (non-hydrogen) atoms. The topological polar surface area (TPSA) is 64.6 Å². The van der Waals surface area contributed by atoms with Gasteiger partial charge in [-0.2, -0.15) is 0 Å². The maximum Gasteiger partial charge on any atom is 1.00 e. The van der Waals surface area contributed by atoms with Crippen LogP contribution in [0.4, 0.5) is 0 Å². The molecule has 0 aromatic heterocycles. The molecule has 4 rings (SSSR count). The minimum atomic E-state index is -1.21. The average molecular weight is 719 g/mol. The van der Waals surface area contributed by atoms with Gasteiger partial charge in [-0.3, -0.25) is 0 Å². The smallest absolute Gasteiger partial charge is 0.872 e. The van der Waals surface area contributed by atoms with Gasteiger partial charge < -0.3 is 19.7 Å². The van der Waals surface area contributed by atoms with E-state index in [0.717, 1.165) is 59.3 Å². The maximum absolute atomic E-state index is 14.1. The first-order chi connectivity index (χ1) is 20.4. The summed E-state index contributed by atoms with van der Waals surface area (Å²) in [5.41, 5.74) is 3.22. The van der Waals surface area contributed by atoms with Crippen LogP contribution in [0.2, 0.25) is 0 Å². The van der Waals surface area contributed by atoms with Gasteiger partial charge in [-0.25, -0.2) is 0 Å². The summed E-state index contributed by atoms with van der Waals surface area (Å²) in [4.78, 5) is 0. The summed E-state index contributed by atoms with van der Waals surface area (Å²) in [5, 5.41) is 29.7. The van der Waals surface area contributed by atoms with E-state index >= 15 is 0 Å². The minimum Gasteiger partial charge on any atom is -0.872 e. The first kappa shape index (κ1) is 48.7. The van der Waals surface area contributed by atoms with Gasteiger partial charge in [0.25, 0.3) is 0 Å². The monoisotopic (exact) mass is 718 g/mol. The molecule has 2 saturated heterocycles. The molecule has 256 valence electrons. The summed E-state index contributed by atoms with van der Waals surface area (Å²) in [7, 11) is -1.21. The Kier molecular flexibility index (Phi) is 20.4. The Morgan fingerprint density at radius 1 is 0.468 bits per heavy atom. The van der Waals surface area contributed by atoms with Crippen molar-refractivity contribution in [3.05, 3.63) is 46.5 Å². The van der Waals surface area contributed by atoms with Gasteiger partial charge in [0.15, 0.2) is 0 Å². The summed E-state index contributed by atoms with van der Waals surface area (Å²) < 4.78 is 9.89. The van der Waals surface area contributed by atoms with E-state index < -0.39 is 7.92 Å². The summed E-state index contributed by atoms with van der Waals surface area (Å²) in [5.74, 6) is 0.203. The van der Waals surface area contributed by atoms with E-state index in [1.54, 1.807) is 0 Å². The number of rotatable bonds is 2. The molecule has 0 radical (unpaired) electrons. The zero-order chi connectivity index (χ0) is 34.6. The Morgan fingerprint density at radius 2 is 0.745 bits per heavy atom. The molecule has 0 N–H and O–H groups in total. The number of hydrogen-bond acceptors (Lipinski definition) is 4. The van der Waals surface area contributed by atoms with E-state index in [9.17, 15) is 10.2 Å². The first-order valence-corrected chi connectivity index (χ1v) is 18.4. The van der Waals surface area contributed by atoms with Crippen LogP contribution in [0.15, 0.2) is 24.3 Å². The molecular weight excluding hydrogens is 654 g/mol. The Morgan fingerprint density at radius 3 is 0.915 bits per heavy atom. The summed E-state index contributed by atoms with van der Waals surface area (Å²) in [6.07, 6.45) is 5.11. The molecule has 2 fully saturated rings. The van der Waals surface area contributed by atoms with E-state index in [1.807, 2.05) is 0 Å². The molecule has 2 heterocycles. The van der Waals surface area contributed by atoms with Crippen molar-refractivity contribution in [2.75, 3.05) is 26.4 Å². The van der Waals surface area contributed by atoms with Crippen molar-refractivity contribution < 1.29 is 122 Å². The van der Waals surface area contributed by atoms with E-state index in [1.165, 1.54) is 25.7 Å². The average Bonchev–Trinajstić information content (AvgIpc) is 3.62. The molecule has 0 aliphatic carbocycles. The van der Waals surface area contributed by atoms with E-state index in [2.05, 4.69) is 128 Å². The van der Waals surface area contributed by atoms with Crippen LogP contribution < -0.4 is 124 Å². The molecule has 0 saturated carbocycles. The van der Waals surface area contributed by atoms with Crippen LogP contribution in [0.1, 0.15) is 152 Å². The third-order valence-electron chi connectivity index (χ3n) is 8.29. The molecule has 4 nitrogen and oxygen atoms in total.